The molecule has 0 bridgehead atoms. The SMILES string of the molecule is c1ccc(-n2c3ccccc3c3cc(-c4ccc5c(c4)c4cc6c(cc4n5-c4ccccc4)C4(CCCC4)c4ccccc4-6)ccc32)cc1. The minimum atomic E-state index is 0.136. The molecule has 0 aliphatic heterocycles. The van der Waals surface area contributed by atoms with Crippen LogP contribution in [0.5, 0.6) is 0 Å². The van der Waals surface area contributed by atoms with Gasteiger partial charge in [-0.3, -0.25) is 0 Å². The normalized spacial score (nSPS) is 14.8. The third kappa shape index (κ3) is 3.72. The van der Waals surface area contributed by atoms with Gasteiger partial charge in [-0.25, -0.2) is 0 Å². The maximum absolute atomic E-state index is 2.56. The second kappa shape index (κ2) is 10.1. The van der Waals surface area contributed by atoms with Crippen molar-refractivity contribution in [3.8, 4) is 33.6 Å². The fourth-order valence-electron chi connectivity index (χ4n) is 9.52. The van der Waals surface area contributed by atoms with E-state index >= 15 is 0 Å². The second-order valence-corrected chi connectivity index (χ2v) is 14.1. The number of para-hydroxylation sites is 3. The molecule has 2 heterocycles. The Bertz CT molecular complexity index is 2760. The molecule has 7 aromatic carbocycles. The molecule has 2 heteroatoms. The Balaban J connectivity index is 1.17. The summed E-state index contributed by atoms with van der Waals surface area (Å²) in [5, 5.41) is 5.18. The summed E-state index contributed by atoms with van der Waals surface area (Å²) in [6.45, 7) is 0. The zero-order valence-electron chi connectivity index (χ0n) is 27.2. The Morgan fingerprint density at radius 3 is 1.59 bits per heavy atom. The van der Waals surface area contributed by atoms with Gasteiger partial charge in [-0.15, -0.1) is 0 Å². The molecule has 1 fully saturated rings. The van der Waals surface area contributed by atoms with E-state index in [4.69, 9.17) is 0 Å². The maximum atomic E-state index is 2.56. The number of benzene rings is 7. The van der Waals surface area contributed by atoms with Gasteiger partial charge in [0.2, 0.25) is 0 Å². The first-order valence-electron chi connectivity index (χ1n) is 17.7. The molecule has 0 unspecified atom stereocenters. The monoisotopic (exact) mass is 626 g/mol. The summed E-state index contributed by atoms with van der Waals surface area (Å²) in [5.41, 5.74) is 16.0. The number of fused-ring (bicyclic) bond motifs is 11. The molecule has 0 amide bonds. The van der Waals surface area contributed by atoms with Gasteiger partial charge in [0, 0.05) is 38.3 Å². The van der Waals surface area contributed by atoms with Crippen LogP contribution in [-0.2, 0) is 5.41 Å². The van der Waals surface area contributed by atoms with Crippen LogP contribution in [0, 0.1) is 0 Å². The zero-order chi connectivity index (χ0) is 32.1. The van der Waals surface area contributed by atoms with Crippen LogP contribution in [0.1, 0.15) is 36.8 Å². The lowest BCUT2D eigenvalue weighted by molar-refractivity contribution is 0.550. The molecule has 232 valence electrons. The van der Waals surface area contributed by atoms with Crippen LogP contribution >= 0.6 is 0 Å². The van der Waals surface area contributed by atoms with E-state index < -0.39 is 0 Å². The van der Waals surface area contributed by atoms with E-state index in [1.165, 1.54) is 114 Å². The quantitative estimate of drug-likeness (QED) is 0.185. The predicted octanol–water partition coefficient (Wildman–Crippen LogP) is 12.4. The van der Waals surface area contributed by atoms with Gasteiger partial charge in [0.15, 0.2) is 0 Å². The lowest BCUT2D eigenvalue weighted by Gasteiger charge is -2.26. The summed E-state index contributed by atoms with van der Waals surface area (Å²) in [7, 11) is 0. The first kappa shape index (κ1) is 27.1. The fraction of sp³-hybridized carbons (Fsp3) is 0.106. The molecule has 0 saturated heterocycles. The minimum Gasteiger partial charge on any atom is -0.309 e. The van der Waals surface area contributed by atoms with Crippen LogP contribution in [0.15, 0.2) is 158 Å². The van der Waals surface area contributed by atoms with Crippen LogP contribution in [0.3, 0.4) is 0 Å². The molecule has 2 aromatic heterocycles. The average molecular weight is 627 g/mol. The van der Waals surface area contributed by atoms with E-state index in [-0.39, 0.29) is 5.41 Å². The molecule has 2 aliphatic rings. The highest BCUT2D eigenvalue weighted by Gasteiger charge is 2.45. The summed E-state index contributed by atoms with van der Waals surface area (Å²) >= 11 is 0. The third-order valence-corrected chi connectivity index (χ3v) is 11.6. The smallest absolute Gasteiger partial charge is 0.0544 e. The van der Waals surface area contributed by atoms with E-state index in [1.54, 1.807) is 0 Å². The van der Waals surface area contributed by atoms with Crippen molar-refractivity contribution in [2.24, 2.45) is 0 Å². The highest BCUT2D eigenvalue weighted by Crippen LogP contribution is 2.58. The van der Waals surface area contributed by atoms with Gasteiger partial charge >= 0.3 is 0 Å². The Morgan fingerprint density at radius 1 is 0.367 bits per heavy atom. The Labute approximate surface area is 285 Å². The third-order valence-electron chi connectivity index (χ3n) is 11.6. The Morgan fingerprint density at radius 2 is 0.898 bits per heavy atom. The largest absolute Gasteiger partial charge is 0.309 e. The number of nitrogens with zero attached hydrogens (tertiary/aromatic N) is 2. The Hall–Kier alpha value is -5.86. The molecular weight excluding hydrogens is 593 g/mol. The average Bonchev–Trinajstić information content (AvgIpc) is 3.93. The summed E-state index contributed by atoms with van der Waals surface area (Å²) in [6.07, 6.45) is 5.07. The number of hydrogen-bond acceptors (Lipinski definition) is 0. The summed E-state index contributed by atoms with van der Waals surface area (Å²) in [6, 6.07) is 58.8. The molecule has 9 aromatic rings. The lowest BCUT2D eigenvalue weighted by atomic mass is 9.76. The van der Waals surface area contributed by atoms with Gasteiger partial charge in [-0.05, 0) is 113 Å². The number of aromatic nitrogens is 2. The van der Waals surface area contributed by atoms with Gasteiger partial charge in [0.1, 0.15) is 0 Å². The van der Waals surface area contributed by atoms with Crippen molar-refractivity contribution in [2.45, 2.75) is 31.1 Å². The van der Waals surface area contributed by atoms with Crippen molar-refractivity contribution in [2.75, 3.05) is 0 Å². The van der Waals surface area contributed by atoms with Crippen molar-refractivity contribution < 1.29 is 0 Å². The second-order valence-electron chi connectivity index (χ2n) is 14.1. The van der Waals surface area contributed by atoms with Crippen molar-refractivity contribution in [1.82, 2.24) is 9.13 Å². The van der Waals surface area contributed by atoms with E-state index in [9.17, 15) is 0 Å². The molecule has 49 heavy (non-hydrogen) atoms. The van der Waals surface area contributed by atoms with Crippen molar-refractivity contribution in [3.63, 3.8) is 0 Å². The van der Waals surface area contributed by atoms with E-state index in [1.807, 2.05) is 0 Å². The molecule has 1 saturated carbocycles. The highest BCUT2D eigenvalue weighted by atomic mass is 15.0. The standard InChI is InChI=1S/C47H34N2/c1-3-13-33(14-4-1)48-43-20-10-8-18-36(43)38-27-31(21-23-44(38)48)32-22-24-45-39(28-32)40-29-37-35-17-7-9-19-41(35)47(25-11-12-26-47)42(37)30-46(40)49(45)34-15-5-2-6-16-34/h1-10,13-24,27-30H,11-12,25-26H2. The van der Waals surface area contributed by atoms with Gasteiger partial charge in [-0.1, -0.05) is 104 Å². The zero-order valence-corrected chi connectivity index (χ0v) is 27.2. The van der Waals surface area contributed by atoms with Crippen LogP contribution in [0.2, 0.25) is 0 Å². The van der Waals surface area contributed by atoms with Gasteiger partial charge in [-0.2, -0.15) is 0 Å². The molecule has 0 N–H and O–H groups in total. The van der Waals surface area contributed by atoms with Crippen molar-refractivity contribution in [3.05, 3.63) is 169 Å². The van der Waals surface area contributed by atoms with Crippen molar-refractivity contribution in [1.29, 1.82) is 0 Å². The molecule has 0 atom stereocenters. The number of rotatable bonds is 3. The molecule has 11 rings (SSSR count). The van der Waals surface area contributed by atoms with Crippen LogP contribution in [-0.4, -0.2) is 9.13 Å². The summed E-state index contributed by atoms with van der Waals surface area (Å²) < 4.78 is 4.89. The van der Waals surface area contributed by atoms with Crippen LogP contribution < -0.4 is 0 Å². The summed E-state index contributed by atoms with van der Waals surface area (Å²) in [5.74, 6) is 0. The van der Waals surface area contributed by atoms with Gasteiger partial charge < -0.3 is 9.13 Å². The minimum absolute atomic E-state index is 0.136. The van der Waals surface area contributed by atoms with Gasteiger partial charge in [0.25, 0.3) is 0 Å². The van der Waals surface area contributed by atoms with E-state index in [0.29, 0.717) is 0 Å². The molecule has 0 radical (unpaired) electrons. The maximum Gasteiger partial charge on any atom is 0.0544 e. The Kier molecular flexibility index (Phi) is 5.58. The summed E-state index contributed by atoms with van der Waals surface area (Å²) in [4.78, 5) is 0. The highest BCUT2D eigenvalue weighted by molar-refractivity contribution is 6.14. The van der Waals surface area contributed by atoms with E-state index in [2.05, 4.69) is 167 Å². The lowest BCUT2D eigenvalue weighted by Crippen LogP contribution is -2.20. The first-order chi connectivity index (χ1) is 24.3. The predicted molar refractivity (Wildman–Crippen MR) is 205 cm³/mol. The van der Waals surface area contributed by atoms with Crippen molar-refractivity contribution >= 4 is 43.6 Å². The van der Waals surface area contributed by atoms with Crippen LogP contribution in [0.25, 0.3) is 77.2 Å². The topological polar surface area (TPSA) is 9.86 Å². The van der Waals surface area contributed by atoms with E-state index in [0.717, 1.165) is 0 Å². The van der Waals surface area contributed by atoms with Gasteiger partial charge in [0.05, 0.1) is 22.1 Å². The molecule has 2 aliphatic carbocycles. The molecule has 2 nitrogen and oxygen atoms in total. The first-order valence-corrected chi connectivity index (χ1v) is 17.7. The fourth-order valence-corrected chi connectivity index (χ4v) is 9.52. The van der Waals surface area contributed by atoms with Crippen LogP contribution in [0.4, 0.5) is 0 Å². The number of hydrogen-bond donors (Lipinski definition) is 0. The molecule has 1 spiro atoms. The molecular formula is C47H34N2.